The van der Waals surface area contributed by atoms with Crippen molar-refractivity contribution in [3.05, 3.63) is 41.8 Å². The molecular weight excluding hydrogens is 510 g/mol. The Balaban J connectivity index is 3.31. The molecule has 1 unspecified atom stereocenters. The van der Waals surface area contributed by atoms with E-state index in [1.54, 1.807) is 59.7 Å². The van der Waals surface area contributed by atoms with Crippen molar-refractivity contribution in [2.45, 2.75) is 109 Å². The highest BCUT2D eigenvalue weighted by Gasteiger charge is 2.39. The molecule has 0 saturated carbocycles. The van der Waals surface area contributed by atoms with Gasteiger partial charge in [0.1, 0.15) is 11.2 Å². The molecule has 0 saturated heterocycles. The van der Waals surface area contributed by atoms with E-state index in [1.165, 1.54) is 18.2 Å². The van der Waals surface area contributed by atoms with Gasteiger partial charge in [0.25, 0.3) is 0 Å². The molecule has 0 aliphatic heterocycles. The maximum Gasteiger partial charge on any atom is 0.419 e. The standard InChI is InChI=1S/C27H45NO7SSi/c1-25(2,3)33-23(29)28(24(30)34-26(4,5)6)19-17-21(35-37(10,11)27(7,8)9)18-20-36(31,32)22-15-13-12-14-16-22/h12-16,18,20-21H,17,19H2,1-11H3/b20-18+. The monoisotopic (exact) mass is 555 g/mol. The number of amides is 2. The van der Waals surface area contributed by atoms with Crippen LogP contribution in [0, 0.1) is 0 Å². The fraction of sp³-hybridized carbons (Fsp3) is 0.630. The lowest BCUT2D eigenvalue weighted by Gasteiger charge is -2.39. The van der Waals surface area contributed by atoms with Crippen molar-refractivity contribution >= 4 is 30.3 Å². The lowest BCUT2D eigenvalue weighted by Crippen LogP contribution is -2.46. The van der Waals surface area contributed by atoms with Crippen LogP contribution in [0.3, 0.4) is 0 Å². The van der Waals surface area contributed by atoms with Crippen molar-refractivity contribution in [1.29, 1.82) is 0 Å². The summed E-state index contributed by atoms with van der Waals surface area (Å²) >= 11 is 0. The minimum absolute atomic E-state index is 0.0845. The third-order valence-electron chi connectivity index (χ3n) is 5.66. The fourth-order valence-electron chi connectivity index (χ4n) is 2.78. The van der Waals surface area contributed by atoms with Crippen molar-refractivity contribution in [2.24, 2.45) is 0 Å². The van der Waals surface area contributed by atoms with E-state index in [0.717, 1.165) is 10.3 Å². The SMILES string of the molecule is CC(C)(C)OC(=O)N(CCC(/C=C/S(=O)(=O)c1ccccc1)O[Si](C)(C)C(C)(C)C)C(=O)OC(C)(C)C. The summed E-state index contributed by atoms with van der Waals surface area (Å²) in [6.07, 6.45) is -0.703. The van der Waals surface area contributed by atoms with Gasteiger partial charge in [-0.1, -0.05) is 39.0 Å². The molecule has 0 N–H and O–H groups in total. The third-order valence-corrected chi connectivity index (χ3v) is 11.6. The van der Waals surface area contributed by atoms with E-state index >= 15 is 0 Å². The Morgan fingerprint density at radius 1 is 0.892 bits per heavy atom. The van der Waals surface area contributed by atoms with Gasteiger partial charge in [0.2, 0.25) is 0 Å². The summed E-state index contributed by atoms with van der Waals surface area (Å²) in [6, 6.07) is 8.11. The Kier molecular flexibility index (Phi) is 10.8. The molecule has 210 valence electrons. The fourth-order valence-corrected chi connectivity index (χ4v) is 5.16. The average Bonchev–Trinajstić information content (AvgIpc) is 2.69. The molecule has 0 radical (unpaired) electrons. The number of hydrogen-bond donors (Lipinski definition) is 0. The zero-order valence-corrected chi connectivity index (χ0v) is 26.1. The van der Waals surface area contributed by atoms with Gasteiger partial charge >= 0.3 is 12.2 Å². The van der Waals surface area contributed by atoms with Crippen molar-refractivity contribution in [2.75, 3.05) is 6.54 Å². The lowest BCUT2D eigenvalue weighted by molar-refractivity contribution is 0.0000348. The maximum atomic E-state index is 12.9. The first-order chi connectivity index (χ1) is 16.5. The highest BCUT2D eigenvalue weighted by atomic mass is 32.2. The van der Waals surface area contributed by atoms with Crippen molar-refractivity contribution in [3.8, 4) is 0 Å². The quantitative estimate of drug-likeness (QED) is 0.321. The second kappa shape index (κ2) is 12.1. The van der Waals surface area contributed by atoms with E-state index in [2.05, 4.69) is 33.9 Å². The van der Waals surface area contributed by atoms with Crippen LogP contribution in [0.4, 0.5) is 9.59 Å². The molecule has 0 fully saturated rings. The molecule has 0 bridgehead atoms. The third kappa shape index (κ3) is 11.4. The number of hydrogen-bond acceptors (Lipinski definition) is 7. The molecule has 0 spiro atoms. The number of carbonyl (C=O) groups excluding carboxylic acids is 2. The first kappa shape index (κ1) is 32.9. The van der Waals surface area contributed by atoms with Crippen LogP contribution in [0.5, 0.6) is 0 Å². The average molecular weight is 556 g/mol. The number of nitrogens with zero attached hydrogens (tertiary/aromatic N) is 1. The summed E-state index contributed by atoms with van der Waals surface area (Å²) < 4.78 is 43.1. The van der Waals surface area contributed by atoms with Crippen molar-refractivity contribution in [3.63, 3.8) is 0 Å². The Labute approximate surface area is 224 Å². The normalized spacial score (nSPS) is 14.4. The van der Waals surface area contributed by atoms with Crippen molar-refractivity contribution < 1.29 is 31.9 Å². The summed E-state index contributed by atoms with van der Waals surface area (Å²) in [7, 11) is -6.05. The Morgan fingerprint density at radius 3 is 1.76 bits per heavy atom. The summed E-state index contributed by atoms with van der Waals surface area (Å²) in [6.45, 7) is 20.5. The number of sulfone groups is 1. The van der Waals surface area contributed by atoms with E-state index in [-0.39, 0.29) is 22.9 Å². The summed E-state index contributed by atoms with van der Waals surface area (Å²) in [5.41, 5.74) is -1.64. The van der Waals surface area contributed by atoms with Gasteiger partial charge in [-0.25, -0.2) is 22.9 Å². The molecule has 37 heavy (non-hydrogen) atoms. The van der Waals surface area contributed by atoms with Gasteiger partial charge in [0, 0.05) is 12.0 Å². The zero-order valence-electron chi connectivity index (χ0n) is 24.2. The first-order valence-electron chi connectivity index (χ1n) is 12.4. The molecule has 8 nitrogen and oxygen atoms in total. The molecule has 2 amide bonds. The topological polar surface area (TPSA) is 99.2 Å². The van der Waals surface area contributed by atoms with E-state index in [9.17, 15) is 18.0 Å². The van der Waals surface area contributed by atoms with E-state index in [4.69, 9.17) is 13.9 Å². The van der Waals surface area contributed by atoms with Crippen LogP contribution < -0.4 is 0 Å². The smallest absolute Gasteiger partial charge is 0.419 e. The lowest BCUT2D eigenvalue weighted by atomic mass is 10.2. The molecule has 0 aliphatic rings. The maximum absolute atomic E-state index is 12.9. The number of ether oxygens (including phenoxy) is 2. The number of imide groups is 1. The molecule has 1 aromatic carbocycles. The van der Waals surface area contributed by atoms with Gasteiger partial charge in [-0.3, -0.25) is 0 Å². The predicted molar refractivity (Wildman–Crippen MR) is 149 cm³/mol. The molecule has 0 aromatic heterocycles. The van der Waals surface area contributed by atoms with E-state index in [1.807, 2.05) is 0 Å². The van der Waals surface area contributed by atoms with Gasteiger partial charge in [-0.15, -0.1) is 0 Å². The molecule has 0 heterocycles. The first-order valence-corrected chi connectivity index (χ1v) is 16.9. The van der Waals surface area contributed by atoms with Gasteiger partial charge in [0.15, 0.2) is 18.2 Å². The molecule has 1 rings (SSSR count). The Morgan fingerprint density at radius 2 is 1.35 bits per heavy atom. The minimum Gasteiger partial charge on any atom is -0.443 e. The number of carbonyl (C=O) groups is 2. The molecule has 0 aliphatic carbocycles. The van der Waals surface area contributed by atoms with E-state index in [0.29, 0.717) is 0 Å². The molecule has 10 heteroatoms. The number of benzene rings is 1. The molecule has 1 atom stereocenters. The highest BCUT2D eigenvalue weighted by molar-refractivity contribution is 7.94. The minimum atomic E-state index is -3.71. The summed E-state index contributed by atoms with van der Waals surface area (Å²) in [5, 5.41) is 0.985. The van der Waals surface area contributed by atoms with Crippen LogP contribution in [0.15, 0.2) is 46.7 Å². The summed E-state index contributed by atoms with van der Waals surface area (Å²) in [4.78, 5) is 26.9. The largest absolute Gasteiger partial charge is 0.443 e. The zero-order chi connectivity index (χ0) is 28.9. The van der Waals surface area contributed by atoms with Gasteiger partial charge in [0.05, 0.1) is 11.0 Å². The van der Waals surface area contributed by atoms with Gasteiger partial charge < -0.3 is 13.9 Å². The Hall–Kier alpha value is -2.17. The molecule has 1 aromatic rings. The Bertz CT molecular complexity index is 1020. The van der Waals surface area contributed by atoms with Crippen molar-refractivity contribution in [1.82, 2.24) is 4.90 Å². The van der Waals surface area contributed by atoms with E-state index < -0.39 is 47.6 Å². The number of rotatable bonds is 8. The van der Waals surface area contributed by atoms with Crippen LogP contribution in [0.25, 0.3) is 0 Å². The second-order valence-electron chi connectivity index (χ2n) is 12.5. The van der Waals surface area contributed by atoms with Crippen LogP contribution in [-0.2, 0) is 23.7 Å². The van der Waals surface area contributed by atoms with Gasteiger partial charge in [-0.05, 0) is 84.3 Å². The van der Waals surface area contributed by atoms with Crippen LogP contribution in [-0.4, -0.2) is 57.7 Å². The van der Waals surface area contributed by atoms with Gasteiger partial charge in [-0.2, -0.15) is 0 Å². The highest BCUT2D eigenvalue weighted by Crippen LogP contribution is 2.38. The summed E-state index contributed by atoms with van der Waals surface area (Å²) in [5.74, 6) is 0. The van der Waals surface area contributed by atoms with Crippen LogP contribution in [0.1, 0.15) is 68.7 Å². The predicted octanol–water partition coefficient (Wildman–Crippen LogP) is 6.93. The van der Waals surface area contributed by atoms with Crippen LogP contribution >= 0.6 is 0 Å². The second-order valence-corrected chi connectivity index (χ2v) is 19.1. The molecular formula is C27H45NO7SSi. The van der Waals surface area contributed by atoms with Crippen LogP contribution in [0.2, 0.25) is 18.1 Å².